The Bertz CT molecular complexity index is 260. The van der Waals surface area contributed by atoms with E-state index in [2.05, 4.69) is 24.4 Å². The largest absolute Gasteiger partial charge is 0.331 e. The number of halogens is 1. The molecule has 1 atom stereocenters. The Morgan fingerprint density at radius 2 is 2.33 bits per heavy atom. The van der Waals surface area contributed by atoms with Crippen molar-refractivity contribution in [1.29, 1.82) is 0 Å². The van der Waals surface area contributed by atoms with Gasteiger partial charge < -0.3 is 3.44 Å². The van der Waals surface area contributed by atoms with Gasteiger partial charge in [-0.1, -0.05) is 9.24 Å². The molecule has 1 nitrogen and oxygen atoms in total. The molecule has 1 aliphatic heterocycles. The van der Waals surface area contributed by atoms with Crippen molar-refractivity contribution in [3.8, 4) is 0 Å². The first-order valence-corrected chi connectivity index (χ1v) is 6.77. The zero-order valence-electron chi connectivity index (χ0n) is 7.52. The fourth-order valence-corrected chi connectivity index (χ4v) is 3.39. The van der Waals surface area contributed by atoms with E-state index in [0.717, 1.165) is 6.42 Å². The van der Waals surface area contributed by atoms with Crippen LogP contribution in [0, 0.1) is 0 Å². The summed E-state index contributed by atoms with van der Waals surface area (Å²) in [5, 5.41) is 0.553. The number of rotatable bonds is 1. The summed E-state index contributed by atoms with van der Waals surface area (Å²) in [6.07, 6.45) is 1.14. The van der Waals surface area contributed by atoms with Crippen molar-refractivity contribution >= 4 is 36.6 Å². The number of thioether (sulfide) groups is 1. The molecular formula is C9H13IOS. The Morgan fingerprint density at radius 3 is 2.75 bits per heavy atom. The second-order valence-corrected chi connectivity index (χ2v) is 5.45. The van der Waals surface area contributed by atoms with E-state index in [-0.39, 0.29) is 0 Å². The minimum absolute atomic E-state index is 0.553. The summed E-state index contributed by atoms with van der Waals surface area (Å²) in [6.45, 7) is 6.42. The maximum atomic E-state index is 8.78. The molecule has 3 heteroatoms. The molecule has 0 aliphatic carbocycles. The molecule has 0 amide bonds. The standard InChI is InChI=1S/C9H13IOS/c1-6-4-9(12-8(6)3)7(2)5-10-11/h9,11H,4H2,1-3H3. The molecule has 0 saturated heterocycles. The molecule has 0 aromatic heterocycles. The summed E-state index contributed by atoms with van der Waals surface area (Å²) in [5.74, 6) is 0. The highest BCUT2D eigenvalue weighted by Crippen LogP contribution is 2.39. The molecule has 1 aliphatic rings. The zero-order chi connectivity index (χ0) is 9.14. The van der Waals surface area contributed by atoms with Gasteiger partial charge in [-0.2, -0.15) is 0 Å². The summed E-state index contributed by atoms with van der Waals surface area (Å²) in [6, 6.07) is 0. The van der Waals surface area contributed by atoms with Crippen LogP contribution < -0.4 is 0 Å². The van der Waals surface area contributed by atoms with Crippen LogP contribution in [-0.4, -0.2) is 12.4 Å². The molecule has 0 bridgehead atoms. The van der Waals surface area contributed by atoms with Gasteiger partial charge in [0, 0.05) is 5.25 Å². The van der Waals surface area contributed by atoms with Crippen LogP contribution in [-0.2, 0) is 0 Å². The lowest BCUT2D eigenvalue weighted by atomic mass is 10.1. The van der Waals surface area contributed by atoms with Crippen LogP contribution in [0.4, 0.5) is 0 Å². The first kappa shape index (κ1) is 10.5. The molecular weight excluding hydrogens is 283 g/mol. The minimum Gasteiger partial charge on any atom is -0.331 e. The molecule has 0 radical (unpaired) electrons. The van der Waals surface area contributed by atoms with E-state index in [1.165, 1.54) is 16.1 Å². The van der Waals surface area contributed by atoms with Gasteiger partial charge in [0.1, 0.15) is 0 Å². The first-order valence-electron chi connectivity index (χ1n) is 3.85. The number of hydrogen-bond acceptors (Lipinski definition) is 2. The molecule has 0 fully saturated rings. The average Bonchev–Trinajstić information content (AvgIpc) is 2.33. The van der Waals surface area contributed by atoms with E-state index in [1.54, 1.807) is 0 Å². The van der Waals surface area contributed by atoms with E-state index in [0.29, 0.717) is 5.25 Å². The van der Waals surface area contributed by atoms with E-state index in [9.17, 15) is 0 Å². The lowest BCUT2D eigenvalue weighted by Crippen LogP contribution is -1.99. The monoisotopic (exact) mass is 296 g/mol. The van der Waals surface area contributed by atoms with Crippen molar-refractivity contribution in [2.75, 3.05) is 0 Å². The molecule has 1 N–H and O–H groups in total. The van der Waals surface area contributed by atoms with Crippen LogP contribution in [0.2, 0.25) is 0 Å². The highest BCUT2D eigenvalue weighted by Gasteiger charge is 2.20. The second kappa shape index (κ2) is 4.61. The molecule has 12 heavy (non-hydrogen) atoms. The van der Waals surface area contributed by atoms with Gasteiger partial charge in [-0.3, -0.25) is 0 Å². The van der Waals surface area contributed by atoms with Gasteiger partial charge >= 0.3 is 0 Å². The Morgan fingerprint density at radius 1 is 1.67 bits per heavy atom. The Kier molecular flexibility index (Phi) is 4.03. The van der Waals surface area contributed by atoms with Crippen LogP contribution in [0.25, 0.3) is 0 Å². The summed E-state index contributed by atoms with van der Waals surface area (Å²) >= 11 is 1.11. The third-order valence-corrected chi connectivity index (χ3v) is 4.68. The fraction of sp³-hybridized carbons (Fsp3) is 0.556. The summed E-state index contributed by atoms with van der Waals surface area (Å²) in [7, 11) is 0. The van der Waals surface area contributed by atoms with Gasteiger partial charge in [0.15, 0.2) is 0 Å². The van der Waals surface area contributed by atoms with Crippen molar-refractivity contribution in [1.82, 2.24) is 0 Å². The van der Waals surface area contributed by atoms with Crippen LogP contribution in [0.3, 0.4) is 0 Å². The average molecular weight is 296 g/mol. The molecule has 1 unspecified atom stereocenters. The van der Waals surface area contributed by atoms with Gasteiger partial charge in [0.2, 0.25) is 0 Å². The molecule has 1 heterocycles. The van der Waals surface area contributed by atoms with Gasteiger partial charge in [0.05, 0.1) is 21.1 Å². The summed E-state index contributed by atoms with van der Waals surface area (Å²) < 4.78 is 11.8. The predicted octanol–water partition coefficient (Wildman–Crippen LogP) is 3.01. The van der Waals surface area contributed by atoms with E-state index < -0.39 is 21.1 Å². The zero-order valence-corrected chi connectivity index (χ0v) is 10.5. The Hall–Kier alpha value is 0.430. The summed E-state index contributed by atoms with van der Waals surface area (Å²) in [4.78, 5) is 1.44. The topological polar surface area (TPSA) is 20.2 Å². The van der Waals surface area contributed by atoms with Crippen LogP contribution in [0.5, 0.6) is 0 Å². The van der Waals surface area contributed by atoms with Gasteiger partial charge in [-0.15, -0.1) is 11.8 Å². The van der Waals surface area contributed by atoms with Crippen LogP contribution in [0.1, 0.15) is 27.2 Å². The molecule has 0 saturated carbocycles. The molecule has 0 aromatic rings. The predicted molar refractivity (Wildman–Crippen MR) is 64.8 cm³/mol. The molecule has 68 valence electrons. The van der Waals surface area contributed by atoms with Gasteiger partial charge in [-0.25, -0.2) is 0 Å². The highest BCUT2D eigenvalue weighted by molar-refractivity contribution is 14.2. The van der Waals surface area contributed by atoms with Crippen molar-refractivity contribution in [2.45, 2.75) is 32.4 Å². The Labute approximate surface area is 88.2 Å². The third-order valence-electron chi connectivity index (χ3n) is 2.09. The Balaban J connectivity index is 2.69. The molecule has 0 spiro atoms. The maximum Gasteiger partial charge on any atom is 0.0951 e. The SMILES string of the molecule is CC(=C=IO)C1CC(C)=C(C)S1. The fourth-order valence-electron chi connectivity index (χ4n) is 1.15. The van der Waals surface area contributed by atoms with E-state index in [4.69, 9.17) is 3.44 Å². The number of hydrogen-bond donors (Lipinski definition) is 1. The number of allylic oxidation sites excluding steroid dienone is 2. The van der Waals surface area contributed by atoms with Crippen molar-refractivity contribution in [3.63, 3.8) is 0 Å². The van der Waals surface area contributed by atoms with Gasteiger partial charge in [0.25, 0.3) is 0 Å². The minimum atomic E-state index is -0.799. The molecule has 1 rings (SSSR count). The third kappa shape index (κ3) is 2.46. The highest BCUT2D eigenvalue weighted by atomic mass is 127. The second-order valence-electron chi connectivity index (χ2n) is 3.01. The maximum absolute atomic E-state index is 8.78. The quantitative estimate of drug-likeness (QED) is 0.751. The normalized spacial score (nSPS) is 22.8. The van der Waals surface area contributed by atoms with Crippen molar-refractivity contribution in [3.05, 3.63) is 16.1 Å². The lowest BCUT2D eigenvalue weighted by molar-refractivity contribution is 0.748. The van der Waals surface area contributed by atoms with Crippen molar-refractivity contribution < 1.29 is 3.44 Å². The van der Waals surface area contributed by atoms with E-state index >= 15 is 0 Å². The van der Waals surface area contributed by atoms with Crippen molar-refractivity contribution in [2.24, 2.45) is 0 Å². The van der Waals surface area contributed by atoms with Crippen LogP contribution in [0.15, 0.2) is 16.1 Å². The van der Waals surface area contributed by atoms with E-state index in [1.807, 2.05) is 11.8 Å². The van der Waals surface area contributed by atoms with Crippen LogP contribution >= 0.6 is 32.9 Å². The first-order chi connectivity index (χ1) is 5.65. The summed E-state index contributed by atoms with van der Waals surface area (Å²) in [5.41, 5.74) is 2.72. The molecule has 0 aromatic carbocycles. The smallest absolute Gasteiger partial charge is 0.0951 e. The lowest BCUT2D eigenvalue weighted by Gasteiger charge is -2.06. The van der Waals surface area contributed by atoms with Gasteiger partial charge in [-0.05, 0) is 37.7 Å².